The first-order valence-electron chi connectivity index (χ1n) is 20.9. The van der Waals surface area contributed by atoms with Gasteiger partial charge in [-0.1, -0.05) is 121 Å². The fourth-order valence-corrected chi connectivity index (χ4v) is 6.63. The summed E-state index contributed by atoms with van der Waals surface area (Å²) in [5.41, 5.74) is 6.03. The van der Waals surface area contributed by atoms with Gasteiger partial charge in [0.05, 0.1) is 35.8 Å². The third-order valence-corrected chi connectivity index (χ3v) is 8.83. The summed E-state index contributed by atoms with van der Waals surface area (Å²) in [6.07, 6.45) is 0. The molecule has 50 heavy (non-hydrogen) atoms. The monoisotopic (exact) mass is 650 g/mol. The van der Waals surface area contributed by atoms with Gasteiger partial charge in [0.15, 0.2) is 17.5 Å². The van der Waals surface area contributed by atoms with Crippen LogP contribution in [0.15, 0.2) is 174 Å². The summed E-state index contributed by atoms with van der Waals surface area (Å²) in [7, 11) is 0. The van der Waals surface area contributed by atoms with Crippen LogP contribution in [0.1, 0.15) is 13.7 Å². The zero-order valence-corrected chi connectivity index (χ0v) is 26.1. The Bertz CT molecular complexity index is 3310. The highest BCUT2D eigenvalue weighted by Gasteiger charge is 2.20. The molecule has 0 radical (unpaired) electrons. The van der Waals surface area contributed by atoms with Crippen LogP contribution in [0.5, 0.6) is 0 Å². The molecule has 0 aliphatic rings. The topological polar surface area (TPSA) is 56.7 Å². The number of aromatic nitrogens is 4. The molecule has 0 fully saturated rings. The van der Waals surface area contributed by atoms with Crippen molar-refractivity contribution in [3.8, 4) is 51.0 Å². The van der Waals surface area contributed by atoms with E-state index in [1.165, 1.54) is 0 Å². The van der Waals surface area contributed by atoms with Crippen molar-refractivity contribution in [2.24, 2.45) is 0 Å². The van der Waals surface area contributed by atoms with Crippen LogP contribution in [-0.2, 0) is 0 Å². The number of nitrogens with zero attached hydrogens (tertiary/aromatic N) is 4. The lowest BCUT2D eigenvalue weighted by atomic mass is 10.0. The molecule has 0 aliphatic heterocycles. The fraction of sp³-hybridized carbons (Fsp3) is 0. The molecule has 7 aromatic carbocycles. The lowest BCUT2D eigenvalue weighted by molar-refractivity contribution is 0.669. The average molecular weight is 651 g/mol. The van der Waals surface area contributed by atoms with Crippen LogP contribution in [0, 0.1) is 0 Å². The number of para-hydroxylation sites is 1. The van der Waals surface area contributed by atoms with E-state index in [-0.39, 0.29) is 28.6 Å². The predicted octanol–water partition coefficient (Wildman–Crippen LogP) is 11.5. The van der Waals surface area contributed by atoms with E-state index in [1.54, 1.807) is 6.07 Å². The molecule has 0 unspecified atom stereocenters. The van der Waals surface area contributed by atoms with E-state index in [9.17, 15) is 0 Å². The first-order valence-corrected chi connectivity index (χ1v) is 15.9. The maximum absolute atomic E-state index is 8.70. The standard InChI is InChI=1S/C45H28N4O/c1-4-13-29(14-5-1)32-24-26-40-36(27-32)42-39(21-12-22-41(42)50-40)49-37-20-11-10-19-34(37)35-28-33(23-25-38(35)49)45-47-43(30-15-6-2-7-16-30)46-44(48-45)31-17-8-3-9-18-31/h1-28H/i2D,3D,6D,7D,8D,9D,15D,16D,17D,18D. The van der Waals surface area contributed by atoms with Gasteiger partial charge in [-0.05, 0) is 59.7 Å². The van der Waals surface area contributed by atoms with Crippen molar-refractivity contribution in [3.05, 3.63) is 170 Å². The molecule has 234 valence electrons. The number of hydrogen-bond donors (Lipinski definition) is 0. The van der Waals surface area contributed by atoms with Crippen LogP contribution in [-0.4, -0.2) is 19.5 Å². The Morgan fingerprint density at radius 3 is 1.80 bits per heavy atom. The molecule has 3 aromatic heterocycles. The summed E-state index contributed by atoms with van der Waals surface area (Å²) < 4.78 is 92.9. The molecular formula is C45H28N4O. The highest BCUT2D eigenvalue weighted by molar-refractivity contribution is 6.15. The summed E-state index contributed by atoms with van der Waals surface area (Å²) in [5.74, 6) is -0.659. The number of fused-ring (bicyclic) bond motifs is 6. The van der Waals surface area contributed by atoms with Crippen molar-refractivity contribution < 1.29 is 18.1 Å². The molecule has 0 saturated carbocycles. The van der Waals surface area contributed by atoms with E-state index < -0.39 is 60.4 Å². The van der Waals surface area contributed by atoms with Gasteiger partial charge in [0.2, 0.25) is 0 Å². The maximum atomic E-state index is 8.70. The van der Waals surface area contributed by atoms with Crippen molar-refractivity contribution in [3.63, 3.8) is 0 Å². The Hall–Kier alpha value is -6.85. The zero-order chi connectivity index (χ0) is 41.7. The Morgan fingerprint density at radius 1 is 0.440 bits per heavy atom. The Kier molecular flexibility index (Phi) is 4.52. The van der Waals surface area contributed by atoms with E-state index in [4.69, 9.17) is 18.1 Å². The van der Waals surface area contributed by atoms with E-state index in [1.807, 2.05) is 72.8 Å². The third kappa shape index (κ3) is 4.60. The van der Waals surface area contributed by atoms with E-state index in [0.29, 0.717) is 5.56 Å². The fourth-order valence-electron chi connectivity index (χ4n) is 6.63. The quantitative estimate of drug-likeness (QED) is 0.186. The van der Waals surface area contributed by atoms with Gasteiger partial charge in [0, 0.05) is 32.8 Å². The lowest BCUT2D eigenvalue weighted by Gasteiger charge is -2.11. The zero-order valence-electron chi connectivity index (χ0n) is 36.1. The van der Waals surface area contributed by atoms with Gasteiger partial charge in [-0.15, -0.1) is 0 Å². The SMILES string of the molecule is [2H]c1c([2H])c([2H])c(-c2nc(-c3ccc4c(c3)c3ccccc3n4-c3cccc4oc5ccc(-c6ccccc6)cc5c34)nc(-c3c([2H])c([2H])c([2H])c([2H])c3[2H])n2)c([2H])c1[2H]. The van der Waals surface area contributed by atoms with Gasteiger partial charge in [0.25, 0.3) is 0 Å². The van der Waals surface area contributed by atoms with Gasteiger partial charge in [0.1, 0.15) is 11.2 Å². The first kappa shape index (κ1) is 19.8. The summed E-state index contributed by atoms with van der Waals surface area (Å²) >= 11 is 0. The number of benzene rings is 7. The molecule has 0 saturated heterocycles. The molecule has 10 aromatic rings. The van der Waals surface area contributed by atoms with Crippen molar-refractivity contribution in [1.29, 1.82) is 0 Å². The lowest BCUT2D eigenvalue weighted by Crippen LogP contribution is -2.00. The van der Waals surface area contributed by atoms with Gasteiger partial charge >= 0.3 is 0 Å². The van der Waals surface area contributed by atoms with Crippen LogP contribution >= 0.6 is 0 Å². The minimum atomic E-state index is -0.608. The second-order valence-electron chi connectivity index (χ2n) is 11.7. The third-order valence-electron chi connectivity index (χ3n) is 8.83. The number of hydrogen-bond acceptors (Lipinski definition) is 4. The normalized spacial score (nSPS) is 14.4. The summed E-state index contributed by atoms with van der Waals surface area (Å²) in [6.45, 7) is 0. The smallest absolute Gasteiger partial charge is 0.164 e. The molecule has 5 nitrogen and oxygen atoms in total. The van der Waals surface area contributed by atoms with Crippen LogP contribution in [0.4, 0.5) is 0 Å². The molecule has 0 aliphatic carbocycles. The summed E-state index contributed by atoms with van der Waals surface area (Å²) in [4.78, 5) is 13.7. The van der Waals surface area contributed by atoms with Crippen molar-refractivity contribution >= 4 is 43.7 Å². The molecule has 3 heterocycles. The van der Waals surface area contributed by atoms with Crippen LogP contribution < -0.4 is 0 Å². The number of rotatable bonds is 5. The molecule has 10 rings (SSSR count). The molecule has 0 N–H and O–H groups in total. The molecule has 0 amide bonds. The van der Waals surface area contributed by atoms with Crippen molar-refractivity contribution in [2.45, 2.75) is 0 Å². The second-order valence-corrected chi connectivity index (χ2v) is 11.7. The van der Waals surface area contributed by atoms with Crippen LogP contribution in [0.25, 0.3) is 94.7 Å². The van der Waals surface area contributed by atoms with Crippen LogP contribution in [0.2, 0.25) is 0 Å². The molecule has 0 spiro atoms. The first-order chi connectivity index (χ1) is 28.9. The summed E-state index contributed by atoms with van der Waals surface area (Å²) in [6, 6.07) is 29.9. The molecular weight excluding hydrogens is 613 g/mol. The Labute approximate surface area is 301 Å². The van der Waals surface area contributed by atoms with Crippen molar-refractivity contribution in [2.75, 3.05) is 0 Å². The van der Waals surface area contributed by atoms with Crippen molar-refractivity contribution in [1.82, 2.24) is 19.5 Å². The molecule has 5 heteroatoms. The maximum Gasteiger partial charge on any atom is 0.164 e. The van der Waals surface area contributed by atoms with E-state index >= 15 is 0 Å². The highest BCUT2D eigenvalue weighted by Crippen LogP contribution is 2.40. The predicted molar refractivity (Wildman–Crippen MR) is 203 cm³/mol. The average Bonchev–Trinajstić information content (AvgIpc) is 3.82. The highest BCUT2D eigenvalue weighted by atomic mass is 16.3. The molecule has 0 bridgehead atoms. The van der Waals surface area contributed by atoms with Gasteiger partial charge in [-0.3, -0.25) is 0 Å². The minimum absolute atomic E-state index is 0.0104. The van der Waals surface area contributed by atoms with E-state index in [0.717, 1.165) is 60.6 Å². The molecule has 0 atom stereocenters. The largest absolute Gasteiger partial charge is 0.456 e. The van der Waals surface area contributed by atoms with Gasteiger partial charge < -0.3 is 8.98 Å². The Morgan fingerprint density at radius 2 is 1.06 bits per heavy atom. The van der Waals surface area contributed by atoms with E-state index in [2.05, 4.69) is 49.9 Å². The second kappa shape index (κ2) is 11.4. The van der Waals surface area contributed by atoms with Gasteiger partial charge in [-0.25, -0.2) is 15.0 Å². The van der Waals surface area contributed by atoms with Crippen LogP contribution in [0.3, 0.4) is 0 Å². The Balaban J connectivity index is 1.23. The van der Waals surface area contributed by atoms with Gasteiger partial charge in [-0.2, -0.15) is 0 Å². The number of furan rings is 1. The minimum Gasteiger partial charge on any atom is -0.456 e. The summed E-state index contributed by atoms with van der Waals surface area (Å²) in [5, 5.41) is 3.60.